The molecule has 1 aliphatic carbocycles. The zero-order valence-corrected chi connectivity index (χ0v) is 13.3. The Balaban J connectivity index is 1.81. The number of aliphatic hydroxyl groups is 1. The first-order valence-electron chi connectivity index (χ1n) is 7.89. The molecule has 2 rings (SSSR count). The van der Waals surface area contributed by atoms with Crippen LogP contribution in [0.3, 0.4) is 0 Å². The van der Waals surface area contributed by atoms with Gasteiger partial charge in [0.25, 0.3) is 0 Å². The molecule has 1 heterocycles. The molecule has 0 bridgehead atoms. The molecule has 1 saturated carbocycles. The number of guanidine groups is 1. The van der Waals surface area contributed by atoms with Crippen LogP contribution in [0.2, 0.25) is 0 Å². The minimum atomic E-state index is -0.682. The highest BCUT2D eigenvalue weighted by Gasteiger charge is 2.38. The van der Waals surface area contributed by atoms with Crippen molar-refractivity contribution in [3.8, 4) is 0 Å². The maximum Gasteiger partial charge on any atom is 0.191 e. The number of hydrogen-bond acceptors (Lipinski definition) is 3. The number of aliphatic imine (C=N–C) groups is 1. The van der Waals surface area contributed by atoms with Gasteiger partial charge in [-0.05, 0) is 32.1 Å². The van der Waals surface area contributed by atoms with Gasteiger partial charge in [-0.25, -0.2) is 0 Å². The second-order valence-corrected chi connectivity index (χ2v) is 6.69. The summed E-state index contributed by atoms with van der Waals surface area (Å²) in [5.74, 6) is 1.44. The van der Waals surface area contributed by atoms with Crippen LogP contribution in [0.5, 0.6) is 0 Å². The van der Waals surface area contributed by atoms with Crippen molar-refractivity contribution in [3.63, 3.8) is 0 Å². The Morgan fingerprint density at radius 1 is 1.40 bits per heavy atom. The van der Waals surface area contributed by atoms with Gasteiger partial charge in [0.05, 0.1) is 5.60 Å². The minimum Gasteiger partial charge on any atom is -0.388 e. The second-order valence-electron chi connectivity index (χ2n) is 6.69. The Hall–Kier alpha value is -0.810. The van der Waals surface area contributed by atoms with Crippen molar-refractivity contribution in [2.75, 3.05) is 26.7 Å². The number of nitrogens with one attached hydrogen (secondary N) is 2. The molecule has 5 nitrogen and oxygen atoms in total. The maximum atomic E-state index is 10.1. The van der Waals surface area contributed by atoms with E-state index < -0.39 is 5.60 Å². The van der Waals surface area contributed by atoms with Gasteiger partial charge in [-0.2, -0.15) is 0 Å². The molecule has 3 unspecified atom stereocenters. The third kappa shape index (κ3) is 4.09. The minimum absolute atomic E-state index is 0.452. The molecule has 3 atom stereocenters. The predicted molar refractivity (Wildman–Crippen MR) is 83.0 cm³/mol. The number of rotatable bonds is 5. The molecule has 0 aromatic carbocycles. The fraction of sp³-hybridized carbons (Fsp3) is 0.933. The first-order valence-corrected chi connectivity index (χ1v) is 7.89. The van der Waals surface area contributed by atoms with E-state index in [4.69, 9.17) is 0 Å². The van der Waals surface area contributed by atoms with E-state index in [1.54, 1.807) is 7.05 Å². The lowest BCUT2D eigenvalue weighted by Gasteiger charge is -2.25. The van der Waals surface area contributed by atoms with Crippen molar-refractivity contribution < 1.29 is 5.11 Å². The van der Waals surface area contributed by atoms with Crippen LogP contribution < -0.4 is 10.6 Å². The average molecular weight is 282 g/mol. The van der Waals surface area contributed by atoms with Gasteiger partial charge in [-0.1, -0.05) is 13.8 Å². The van der Waals surface area contributed by atoms with Crippen molar-refractivity contribution in [1.29, 1.82) is 0 Å². The molecule has 2 fully saturated rings. The van der Waals surface area contributed by atoms with Crippen molar-refractivity contribution in [2.45, 2.75) is 57.7 Å². The Morgan fingerprint density at radius 2 is 2.10 bits per heavy atom. The van der Waals surface area contributed by atoms with E-state index in [1.165, 1.54) is 19.4 Å². The van der Waals surface area contributed by atoms with E-state index in [9.17, 15) is 5.11 Å². The number of nitrogens with zero attached hydrogens (tertiary/aromatic N) is 2. The van der Waals surface area contributed by atoms with Crippen LogP contribution in [0.1, 0.15) is 40.0 Å². The van der Waals surface area contributed by atoms with Gasteiger partial charge in [0.1, 0.15) is 0 Å². The highest BCUT2D eigenvalue weighted by Crippen LogP contribution is 2.31. The molecule has 116 valence electrons. The van der Waals surface area contributed by atoms with Gasteiger partial charge in [-0.3, -0.25) is 9.89 Å². The predicted octanol–water partition coefficient (Wildman–Crippen LogP) is 0.795. The van der Waals surface area contributed by atoms with Crippen molar-refractivity contribution in [1.82, 2.24) is 15.5 Å². The molecule has 0 spiro atoms. The van der Waals surface area contributed by atoms with Gasteiger partial charge in [0.2, 0.25) is 0 Å². The summed E-state index contributed by atoms with van der Waals surface area (Å²) in [7, 11) is 1.79. The van der Waals surface area contributed by atoms with Gasteiger partial charge in [0.15, 0.2) is 5.96 Å². The van der Waals surface area contributed by atoms with Crippen LogP contribution in [-0.2, 0) is 0 Å². The Morgan fingerprint density at radius 3 is 2.65 bits per heavy atom. The lowest BCUT2D eigenvalue weighted by atomic mass is 10.0. The standard InChI is InChI=1S/C15H30N4O/c1-5-15(3,20)10-17-14(16-4)18-13-9-19(8-11(13)2)12-6-7-12/h11-13,20H,5-10H2,1-4H3,(H2,16,17,18). The first kappa shape index (κ1) is 15.6. The summed E-state index contributed by atoms with van der Waals surface area (Å²) in [6.45, 7) is 8.96. The lowest BCUT2D eigenvalue weighted by Crippen LogP contribution is -2.50. The van der Waals surface area contributed by atoms with Crippen molar-refractivity contribution in [2.24, 2.45) is 10.9 Å². The van der Waals surface area contributed by atoms with Crippen LogP contribution in [-0.4, -0.2) is 60.3 Å². The summed E-state index contributed by atoms with van der Waals surface area (Å²) in [4.78, 5) is 6.87. The van der Waals surface area contributed by atoms with Crippen LogP contribution in [0, 0.1) is 5.92 Å². The molecule has 0 aromatic rings. The van der Waals surface area contributed by atoms with E-state index in [1.807, 2.05) is 13.8 Å². The van der Waals surface area contributed by atoms with Crippen LogP contribution in [0.25, 0.3) is 0 Å². The summed E-state index contributed by atoms with van der Waals surface area (Å²) in [6.07, 6.45) is 3.46. The molecule has 20 heavy (non-hydrogen) atoms. The quantitative estimate of drug-likeness (QED) is 0.515. The zero-order chi connectivity index (χ0) is 14.8. The maximum absolute atomic E-state index is 10.1. The topological polar surface area (TPSA) is 59.9 Å². The third-order valence-electron chi connectivity index (χ3n) is 4.65. The van der Waals surface area contributed by atoms with Gasteiger partial charge in [-0.15, -0.1) is 0 Å². The lowest BCUT2D eigenvalue weighted by molar-refractivity contribution is 0.0603. The summed E-state index contributed by atoms with van der Waals surface area (Å²) >= 11 is 0. The number of likely N-dealkylation sites (tertiary alicyclic amines) is 1. The highest BCUT2D eigenvalue weighted by atomic mass is 16.3. The van der Waals surface area contributed by atoms with Gasteiger partial charge < -0.3 is 15.7 Å². The Bertz CT molecular complexity index is 352. The molecule has 3 N–H and O–H groups in total. The molecule has 0 radical (unpaired) electrons. The largest absolute Gasteiger partial charge is 0.388 e. The molecule has 1 saturated heterocycles. The fourth-order valence-electron chi connectivity index (χ4n) is 2.70. The van der Waals surface area contributed by atoms with Crippen LogP contribution in [0.15, 0.2) is 4.99 Å². The molecular weight excluding hydrogens is 252 g/mol. The van der Waals surface area contributed by atoms with E-state index >= 15 is 0 Å². The summed E-state index contributed by atoms with van der Waals surface area (Å²) in [5.41, 5.74) is -0.682. The second kappa shape index (κ2) is 6.31. The smallest absolute Gasteiger partial charge is 0.191 e. The van der Waals surface area contributed by atoms with E-state index in [-0.39, 0.29) is 0 Å². The fourth-order valence-corrected chi connectivity index (χ4v) is 2.70. The zero-order valence-electron chi connectivity index (χ0n) is 13.3. The first-order chi connectivity index (χ1) is 9.45. The molecule has 2 aliphatic rings. The van der Waals surface area contributed by atoms with E-state index in [0.29, 0.717) is 18.5 Å². The van der Waals surface area contributed by atoms with Gasteiger partial charge in [0, 0.05) is 38.8 Å². The van der Waals surface area contributed by atoms with Gasteiger partial charge >= 0.3 is 0 Å². The number of hydrogen-bond donors (Lipinski definition) is 3. The van der Waals surface area contributed by atoms with E-state index in [2.05, 4.69) is 27.4 Å². The molecule has 0 aromatic heterocycles. The molecule has 1 aliphatic heterocycles. The van der Waals surface area contributed by atoms with Crippen LogP contribution >= 0.6 is 0 Å². The SMILES string of the molecule is CCC(C)(O)CNC(=NC)NC1CN(C2CC2)CC1C. The van der Waals surface area contributed by atoms with Crippen LogP contribution in [0.4, 0.5) is 0 Å². The molecule has 5 heteroatoms. The summed E-state index contributed by atoms with van der Waals surface area (Å²) in [6, 6.07) is 1.29. The third-order valence-corrected chi connectivity index (χ3v) is 4.65. The Kier molecular flexibility index (Phi) is 4.91. The Labute approximate surface area is 122 Å². The van der Waals surface area contributed by atoms with E-state index in [0.717, 1.165) is 25.0 Å². The molecular formula is C15H30N4O. The molecule has 0 amide bonds. The summed E-state index contributed by atoms with van der Waals surface area (Å²) < 4.78 is 0. The average Bonchev–Trinajstić information content (AvgIpc) is 3.20. The normalized spacial score (nSPS) is 31.1. The van der Waals surface area contributed by atoms with Crippen molar-refractivity contribution in [3.05, 3.63) is 0 Å². The summed E-state index contributed by atoms with van der Waals surface area (Å²) in [5, 5.41) is 16.8. The highest BCUT2D eigenvalue weighted by molar-refractivity contribution is 5.80. The monoisotopic (exact) mass is 282 g/mol. The van der Waals surface area contributed by atoms with Crippen molar-refractivity contribution >= 4 is 5.96 Å².